The monoisotopic (exact) mass is 640 g/mol. The molecule has 0 fully saturated rings. The number of hydrogen-bond donors (Lipinski definition) is 0. The molecule has 5 heteroatoms. The molecule has 0 radical (unpaired) electrons. The van der Waals surface area contributed by atoms with Crippen LogP contribution in [0.25, 0.3) is 5.57 Å². The number of hydrogen-bond acceptors (Lipinski definition) is 0. The maximum Gasteiger partial charge on any atom is 0.152 e. The molecule has 0 nitrogen and oxygen atoms in total. The van der Waals surface area contributed by atoms with Crippen molar-refractivity contribution in [2.75, 3.05) is 0 Å². The molecule has 1 rings (SSSR count). The molecule has 0 spiro atoms. The van der Waals surface area contributed by atoms with Crippen LogP contribution in [0.4, 0.5) is 4.39 Å². The first-order valence-corrected chi connectivity index (χ1v) is 7.86. The zero-order valence-electron chi connectivity index (χ0n) is 7.10. The van der Waals surface area contributed by atoms with Crippen molar-refractivity contribution in [1.82, 2.24) is 0 Å². The predicted octanol–water partition coefficient (Wildman–Crippen LogP) is 5.28. The molecule has 0 N–H and O–H groups in total. The van der Waals surface area contributed by atoms with Gasteiger partial charge in [-0.1, -0.05) is 6.58 Å². The van der Waals surface area contributed by atoms with E-state index in [4.69, 9.17) is 0 Å². The van der Waals surface area contributed by atoms with Crippen LogP contribution in [0, 0.1) is 20.1 Å². The van der Waals surface area contributed by atoms with E-state index >= 15 is 0 Å². The van der Waals surface area contributed by atoms with Crippen LogP contribution >= 0.6 is 90.4 Å². The Morgan fingerprint density at radius 1 is 1.00 bits per heavy atom. The Bertz CT molecular complexity index is 383. The summed E-state index contributed by atoms with van der Waals surface area (Å²) in [5.74, 6) is -0.120. The number of allylic oxidation sites excluding steroid dienone is 1. The van der Waals surface area contributed by atoms with Crippen LogP contribution in [0.15, 0.2) is 6.58 Å². The van der Waals surface area contributed by atoms with Gasteiger partial charge >= 0.3 is 0 Å². The van der Waals surface area contributed by atoms with E-state index in [0.29, 0.717) is 7.14 Å². The molecule has 0 aromatic heterocycles. The molecule has 0 heterocycles. The van der Waals surface area contributed by atoms with Gasteiger partial charge in [0.15, 0.2) is 5.82 Å². The first kappa shape index (κ1) is 13.9. The maximum atomic E-state index is 13.6. The molecule has 0 amide bonds. The molecule has 0 bridgehead atoms. The molecule has 0 aliphatic heterocycles. The van der Waals surface area contributed by atoms with Crippen molar-refractivity contribution in [3.63, 3.8) is 0 Å². The van der Waals surface area contributed by atoms with Crippen molar-refractivity contribution in [2.45, 2.75) is 6.92 Å². The maximum absolute atomic E-state index is 13.6. The normalized spacial score (nSPS) is 10.4. The second-order valence-electron chi connectivity index (χ2n) is 2.73. The van der Waals surface area contributed by atoms with Gasteiger partial charge in [0, 0.05) is 12.7 Å². The number of halogens is 5. The molecule has 0 unspecified atom stereocenters. The Hall–Kier alpha value is 1.81. The average Bonchev–Trinajstić information content (AvgIpc) is 2.11. The lowest BCUT2D eigenvalue weighted by atomic mass is 10.1. The van der Waals surface area contributed by atoms with Gasteiger partial charge in [-0.25, -0.2) is 4.39 Å². The standard InChI is InChI=1S/C9H5FI4/c1-3(2)4-6(11)8(13)5(10)9(14)7(4)12/h1H2,2H3. The summed E-state index contributed by atoms with van der Waals surface area (Å²) in [7, 11) is 0. The van der Waals surface area contributed by atoms with E-state index in [1.165, 1.54) is 0 Å². The molecule has 0 aliphatic rings. The Kier molecular flexibility index (Phi) is 5.38. The molecule has 0 saturated heterocycles. The minimum absolute atomic E-state index is 0.120. The van der Waals surface area contributed by atoms with Gasteiger partial charge in [0.2, 0.25) is 0 Å². The molecule has 14 heavy (non-hydrogen) atoms. The van der Waals surface area contributed by atoms with Gasteiger partial charge in [-0.2, -0.15) is 0 Å². The highest BCUT2D eigenvalue weighted by atomic mass is 127. The molecule has 76 valence electrons. The average molecular weight is 640 g/mol. The smallest absolute Gasteiger partial charge is 0.152 e. The molecule has 0 atom stereocenters. The zero-order valence-corrected chi connectivity index (χ0v) is 15.7. The molecular formula is C9H5FI4. The van der Waals surface area contributed by atoms with Gasteiger partial charge in [-0.15, -0.1) is 0 Å². The zero-order chi connectivity index (χ0) is 11.0. The lowest BCUT2D eigenvalue weighted by Crippen LogP contribution is -2.01. The van der Waals surface area contributed by atoms with Crippen LogP contribution in [0.1, 0.15) is 12.5 Å². The largest absolute Gasteiger partial charge is 0.205 e. The lowest BCUT2D eigenvalue weighted by molar-refractivity contribution is 0.609. The minimum atomic E-state index is -0.120. The third kappa shape index (κ3) is 2.55. The first-order chi connectivity index (χ1) is 6.37. The topological polar surface area (TPSA) is 0 Å². The van der Waals surface area contributed by atoms with Crippen LogP contribution in [-0.2, 0) is 0 Å². The summed E-state index contributed by atoms with van der Waals surface area (Å²) in [5.41, 5.74) is 2.05. The van der Waals surface area contributed by atoms with Gasteiger partial charge in [0.1, 0.15) is 0 Å². The van der Waals surface area contributed by atoms with E-state index in [2.05, 4.69) is 51.8 Å². The van der Waals surface area contributed by atoms with Crippen LogP contribution in [0.3, 0.4) is 0 Å². The van der Waals surface area contributed by atoms with Crippen molar-refractivity contribution in [2.24, 2.45) is 0 Å². The van der Waals surface area contributed by atoms with E-state index in [0.717, 1.165) is 18.3 Å². The quantitative estimate of drug-likeness (QED) is 0.223. The molecule has 1 aromatic carbocycles. The van der Waals surface area contributed by atoms with Crippen molar-refractivity contribution in [3.8, 4) is 0 Å². The summed E-state index contributed by atoms with van der Waals surface area (Å²) >= 11 is 8.42. The molecule has 0 aliphatic carbocycles. The Balaban J connectivity index is 3.68. The van der Waals surface area contributed by atoms with Gasteiger partial charge < -0.3 is 0 Å². The van der Waals surface area contributed by atoms with Gasteiger partial charge in [-0.3, -0.25) is 0 Å². The fraction of sp³-hybridized carbons (Fsp3) is 0.111. The summed E-state index contributed by atoms with van der Waals surface area (Å²) in [4.78, 5) is 0. The molecule has 1 aromatic rings. The summed E-state index contributed by atoms with van der Waals surface area (Å²) < 4.78 is 16.9. The molecular weight excluding hydrogens is 635 g/mol. The summed E-state index contributed by atoms with van der Waals surface area (Å²) in [6.07, 6.45) is 0. The van der Waals surface area contributed by atoms with Crippen molar-refractivity contribution in [1.29, 1.82) is 0 Å². The highest BCUT2D eigenvalue weighted by Crippen LogP contribution is 2.34. The third-order valence-electron chi connectivity index (χ3n) is 1.64. The van der Waals surface area contributed by atoms with E-state index < -0.39 is 0 Å². The number of rotatable bonds is 1. The van der Waals surface area contributed by atoms with Gasteiger partial charge in [-0.05, 0) is 103 Å². The SMILES string of the molecule is C=C(C)c1c(I)c(I)c(F)c(I)c1I. The lowest BCUT2D eigenvalue weighted by Gasteiger charge is -2.12. The van der Waals surface area contributed by atoms with Crippen LogP contribution < -0.4 is 0 Å². The van der Waals surface area contributed by atoms with E-state index in [1.54, 1.807) is 0 Å². The Morgan fingerprint density at radius 3 is 1.64 bits per heavy atom. The van der Waals surface area contributed by atoms with Crippen molar-refractivity contribution >= 4 is 95.9 Å². The summed E-state index contributed by atoms with van der Waals surface area (Å²) in [6.45, 7) is 5.87. The Labute approximate surface area is 137 Å². The van der Waals surface area contributed by atoms with Gasteiger partial charge in [0.25, 0.3) is 0 Å². The van der Waals surface area contributed by atoms with Crippen molar-refractivity contribution in [3.05, 3.63) is 32.2 Å². The highest BCUT2D eigenvalue weighted by Gasteiger charge is 2.18. The van der Waals surface area contributed by atoms with Gasteiger partial charge in [0.05, 0.1) is 7.14 Å². The predicted molar refractivity (Wildman–Crippen MR) is 92.0 cm³/mol. The summed E-state index contributed by atoms with van der Waals surface area (Å²) in [5, 5.41) is 0. The van der Waals surface area contributed by atoms with Crippen molar-refractivity contribution < 1.29 is 4.39 Å². The second-order valence-corrected chi connectivity index (χ2v) is 7.04. The third-order valence-corrected chi connectivity index (χ3v) is 7.88. The van der Waals surface area contributed by atoms with Crippen LogP contribution in [0.2, 0.25) is 0 Å². The Morgan fingerprint density at radius 2 is 1.36 bits per heavy atom. The second kappa shape index (κ2) is 5.43. The van der Waals surface area contributed by atoms with Crippen LogP contribution in [-0.4, -0.2) is 0 Å². The van der Waals surface area contributed by atoms with Crippen LogP contribution in [0.5, 0.6) is 0 Å². The fourth-order valence-electron chi connectivity index (χ4n) is 0.980. The fourth-order valence-corrected chi connectivity index (χ4v) is 5.02. The summed E-state index contributed by atoms with van der Waals surface area (Å²) in [6, 6.07) is 0. The van der Waals surface area contributed by atoms with E-state index in [-0.39, 0.29) is 5.82 Å². The minimum Gasteiger partial charge on any atom is -0.205 e. The molecule has 0 saturated carbocycles. The number of benzene rings is 1. The van der Waals surface area contributed by atoms with E-state index in [1.807, 2.05) is 52.1 Å². The first-order valence-electron chi connectivity index (χ1n) is 3.55. The highest BCUT2D eigenvalue weighted by molar-refractivity contribution is 14.1. The van der Waals surface area contributed by atoms with E-state index in [9.17, 15) is 4.39 Å².